The van der Waals surface area contributed by atoms with Crippen LogP contribution in [0.1, 0.15) is 46.3 Å². The molecule has 22 heavy (non-hydrogen) atoms. The predicted molar refractivity (Wildman–Crippen MR) is 81.6 cm³/mol. The summed E-state index contributed by atoms with van der Waals surface area (Å²) in [4.78, 5) is 24.9. The zero-order valence-electron chi connectivity index (χ0n) is 13.7. The van der Waals surface area contributed by atoms with Gasteiger partial charge in [-0.1, -0.05) is 25.9 Å². The molecule has 0 saturated heterocycles. The van der Waals surface area contributed by atoms with Crippen molar-refractivity contribution in [2.24, 2.45) is 16.7 Å². The standard InChI is InChI=1S/C16H25N3O3/c1-5-17-13(20)12-6-8-16(4,15(12,2)3)14(21)18-10-11-7-9-19-22-11/h7,9,12H,5-6,8,10H2,1-4H3,(H,17,20)(H,18,21)/t12?,16-/m0/s1. The van der Waals surface area contributed by atoms with Gasteiger partial charge in [0.15, 0.2) is 5.76 Å². The number of nitrogens with one attached hydrogen (secondary N) is 2. The quantitative estimate of drug-likeness (QED) is 0.869. The Bertz CT molecular complexity index is 539. The van der Waals surface area contributed by atoms with Crippen molar-refractivity contribution in [3.05, 3.63) is 18.0 Å². The summed E-state index contributed by atoms with van der Waals surface area (Å²) in [6, 6.07) is 1.72. The fourth-order valence-corrected chi connectivity index (χ4v) is 3.36. The molecule has 2 amide bonds. The van der Waals surface area contributed by atoms with E-state index >= 15 is 0 Å². The van der Waals surface area contributed by atoms with E-state index in [2.05, 4.69) is 15.8 Å². The molecule has 1 aromatic heterocycles. The molecule has 122 valence electrons. The summed E-state index contributed by atoms with van der Waals surface area (Å²) >= 11 is 0. The molecule has 0 bridgehead atoms. The number of carbonyl (C=O) groups is 2. The Morgan fingerprint density at radius 1 is 1.36 bits per heavy atom. The minimum absolute atomic E-state index is 0.0410. The summed E-state index contributed by atoms with van der Waals surface area (Å²) in [5.41, 5.74) is -0.986. The molecule has 1 fully saturated rings. The maximum Gasteiger partial charge on any atom is 0.226 e. The van der Waals surface area contributed by atoms with E-state index in [-0.39, 0.29) is 17.7 Å². The molecule has 1 aliphatic carbocycles. The molecule has 0 radical (unpaired) electrons. The second-order valence-corrected chi connectivity index (χ2v) is 6.70. The predicted octanol–water partition coefficient (Wildman–Crippen LogP) is 1.87. The monoisotopic (exact) mass is 307 g/mol. The van der Waals surface area contributed by atoms with Crippen LogP contribution >= 0.6 is 0 Å². The van der Waals surface area contributed by atoms with E-state index in [1.165, 1.54) is 0 Å². The van der Waals surface area contributed by atoms with Gasteiger partial charge < -0.3 is 15.2 Å². The van der Waals surface area contributed by atoms with Crippen LogP contribution < -0.4 is 10.6 Å². The molecular weight excluding hydrogens is 282 g/mol. The summed E-state index contributed by atoms with van der Waals surface area (Å²) in [5, 5.41) is 9.41. The molecule has 1 aromatic rings. The number of hydrogen-bond donors (Lipinski definition) is 2. The number of rotatable bonds is 5. The summed E-state index contributed by atoms with van der Waals surface area (Å²) in [5.74, 6) is 0.474. The van der Waals surface area contributed by atoms with Crippen molar-refractivity contribution in [3.8, 4) is 0 Å². The lowest BCUT2D eigenvalue weighted by Crippen LogP contribution is -2.49. The van der Waals surface area contributed by atoms with Gasteiger partial charge in [-0.15, -0.1) is 0 Å². The van der Waals surface area contributed by atoms with E-state index in [9.17, 15) is 9.59 Å². The third kappa shape index (κ3) is 2.74. The molecule has 1 unspecified atom stereocenters. The Kier molecular flexibility index (Phi) is 4.58. The highest BCUT2D eigenvalue weighted by Crippen LogP contribution is 2.56. The smallest absolute Gasteiger partial charge is 0.226 e. The minimum Gasteiger partial charge on any atom is -0.360 e. The van der Waals surface area contributed by atoms with Gasteiger partial charge in [0.1, 0.15) is 0 Å². The van der Waals surface area contributed by atoms with Gasteiger partial charge in [-0.25, -0.2) is 0 Å². The molecule has 0 aliphatic heterocycles. The van der Waals surface area contributed by atoms with Crippen molar-refractivity contribution in [3.63, 3.8) is 0 Å². The van der Waals surface area contributed by atoms with Gasteiger partial charge in [0.2, 0.25) is 11.8 Å². The molecule has 0 aromatic carbocycles. The molecule has 6 nitrogen and oxygen atoms in total. The van der Waals surface area contributed by atoms with Crippen LogP contribution in [-0.4, -0.2) is 23.5 Å². The molecule has 2 N–H and O–H groups in total. The lowest BCUT2D eigenvalue weighted by molar-refractivity contribution is -0.139. The number of carbonyl (C=O) groups excluding carboxylic acids is 2. The van der Waals surface area contributed by atoms with Gasteiger partial charge >= 0.3 is 0 Å². The Morgan fingerprint density at radius 2 is 2.09 bits per heavy atom. The first-order valence-corrected chi connectivity index (χ1v) is 7.78. The van der Waals surface area contributed by atoms with Crippen LogP contribution in [0.5, 0.6) is 0 Å². The lowest BCUT2D eigenvalue weighted by Gasteiger charge is -2.39. The number of aromatic nitrogens is 1. The Balaban J connectivity index is 2.08. The van der Waals surface area contributed by atoms with Gasteiger partial charge in [0, 0.05) is 18.5 Å². The van der Waals surface area contributed by atoms with E-state index in [0.29, 0.717) is 25.3 Å². The van der Waals surface area contributed by atoms with Crippen molar-refractivity contribution in [1.29, 1.82) is 0 Å². The first-order valence-electron chi connectivity index (χ1n) is 7.78. The van der Waals surface area contributed by atoms with Crippen molar-refractivity contribution in [1.82, 2.24) is 15.8 Å². The van der Waals surface area contributed by atoms with E-state index in [1.54, 1.807) is 12.3 Å². The van der Waals surface area contributed by atoms with E-state index in [1.807, 2.05) is 27.7 Å². The average molecular weight is 307 g/mol. The van der Waals surface area contributed by atoms with Crippen LogP contribution in [0.15, 0.2) is 16.8 Å². The minimum atomic E-state index is -0.581. The van der Waals surface area contributed by atoms with Crippen LogP contribution in [0.4, 0.5) is 0 Å². The van der Waals surface area contributed by atoms with Crippen molar-refractivity contribution in [2.45, 2.75) is 47.1 Å². The molecule has 2 atom stereocenters. The fourth-order valence-electron chi connectivity index (χ4n) is 3.36. The van der Waals surface area contributed by atoms with E-state index < -0.39 is 10.8 Å². The third-order valence-corrected chi connectivity index (χ3v) is 5.31. The van der Waals surface area contributed by atoms with Crippen molar-refractivity contribution >= 4 is 11.8 Å². The SMILES string of the molecule is CCNC(=O)C1CC[C@@](C)(C(=O)NCc2ccno2)C1(C)C. The van der Waals surface area contributed by atoms with Crippen molar-refractivity contribution < 1.29 is 14.1 Å². The maximum atomic E-state index is 12.7. The van der Waals surface area contributed by atoms with Crippen LogP contribution in [0.2, 0.25) is 0 Å². The van der Waals surface area contributed by atoms with Gasteiger partial charge in [0.05, 0.1) is 18.2 Å². The van der Waals surface area contributed by atoms with E-state index in [4.69, 9.17) is 4.52 Å². The zero-order valence-corrected chi connectivity index (χ0v) is 13.7. The molecule has 0 spiro atoms. The topological polar surface area (TPSA) is 84.2 Å². The molecule has 1 heterocycles. The second-order valence-electron chi connectivity index (χ2n) is 6.70. The summed E-state index contributed by atoms with van der Waals surface area (Å²) in [6.45, 7) is 8.79. The van der Waals surface area contributed by atoms with Gasteiger partial charge in [0.25, 0.3) is 0 Å². The summed E-state index contributed by atoms with van der Waals surface area (Å²) in [7, 11) is 0. The number of amides is 2. The van der Waals surface area contributed by atoms with Gasteiger partial charge in [-0.2, -0.15) is 0 Å². The van der Waals surface area contributed by atoms with E-state index in [0.717, 1.165) is 6.42 Å². The first-order chi connectivity index (χ1) is 10.3. The van der Waals surface area contributed by atoms with Crippen LogP contribution in [0.3, 0.4) is 0 Å². The normalized spacial score (nSPS) is 26.6. The molecule has 6 heteroatoms. The molecular formula is C16H25N3O3. The largest absolute Gasteiger partial charge is 0.360 e. The Hall–Kier alpha value is -1.85. The highest BCUT2D eigenvalue weighted by molar-refractivity contribution is 5.87. The zero-order chi connectivity index (χ0) is 16.4. The summed E-state index contributed by atoms with van der Waals surface area (Å²) < 4.78 is 4.99. The second kappa shape index (κ2) is 6.10. The lowest BCUT2D eigenvalue weighted by atomic mass is 9.65. The first kappa shape index (κ1) is 16.5. The number of nitrogens with zero attached hydrogens (tertiary/aromatic N) is 1. The van der Waals surface area contributed by atoms with Gasteiger partial charge in [-0.05, 0) is 25.2 Å². The number of hydrogen-bond acceptors (Lipinski definition) is 4. The van der Waals surface area contributed by atoms with Crippen LogP contribution in [-0.2, 0) is 16.1 Å². The molecule has 2 rings (SSSR count). The molecule has 1 aliphatic rings. The highest BCUT2D eigenvalue weighted by Gasteiger charge is 2.57. The highest BCUT2D eigenvalue weighted by atomic mass is 16.5. The molecule has 1 saturated carbocycles. The Morgan fingerprint density at radius 3 is 2.68 bits per heavy atom. The van der Waals surface area contributed by atoms with Gasteiger partial charge in [-0.3, -0.25) is 9.59 Å². The van der Waals surface area contributed by atoms with Crippen LogP contribution in [0.25, 0.3) is 0 Å². The fraction of sp³-hybridized carbons (Fsp3) is 0.688. The average Bonchev–Trinajstić information content (AvgIpc) is 3.04. The summed E-state index contributed by atoms with van der Waals surface area (Å²) in [6.07, 6.45) is 2.98. The van der Waals surface area contributed by atoms with Crippen LogP contribution in [0, 0.1) is 16.7 Å². The third-order valence-electron chi connectivity index (χ3n) is 5.31. The Labute approximate surface area is 131 Å². The maximum absolute atomic E-state index is 12.7. The van der Waals surface area contributed by atoms with Crippen molar-refractivity contribution in [2.75, 3.05) is 6.54 Å².